The molecule has 33 heavy (non-hydrogen) atoms. The number of carbonyl (C=O) groups excluding carboxylic acids is 1. The van der Waals surface area contributed by atoms with Crippen LogP contribution in [0.25, 0.3) is 10.9 Å². The molecule has 0 atom stereocenters. The van der Waals surface area contributed by atoms with Crippen LogP contribution in [0.4, 0.5) is 0 Å². The Morgan fingerprint density at radius 3 is 2.39 bits per heavy atom. The maximum absolute atomic E-state index is 12.5. The van der Waals surface area contributed by atoms with Crippen molar-refractivity contribution in [3.05, 3.63) is 83.8 Å². The summed E-state index contributed by atoms with van der Waals surface area (Å²) in [5, 5.41) is 0.744. The fourth-order valence-corrected chi connectivity index (χ4v) is 3.40. The lowest BCUT2D eigenvalue weighted by atomic mass is 10.1. The van der Waals surface area contributed by atoms with Gasteiger partial charge < -0.3 is 18.9 Å². The van der Waals surface area contributed by atoms with Gasteiger partial charge in [-0.1, -0.05) is 30.3 Å². The van der Waals surface area contributed by atoms with Gasteiger partial charge in [-0.25, -0.2) is 0 Å². The van der Waals surface area contributed by atoms with Crippen LogP contribution < -0.4 is 14.2 Å². The van der Waals surface area contributed by atoms with Gasteiger partial charge in [0.05, 0.1) is 31.9 Å². The molecule has 0 bridgehead atoms. The molecule has 4 rings (SSSR count). The lowest BCUT2D eigenvalue weighted by Gasteiger charge is -2.14. The molecule has 0 unspecified atom stereocenters. The summed E-state index contributed by atoms with van der Waals surface area (Å²) in [7, 11) is 3.15. The van der Waals surface area contributed by atoms with Crippen molar-refractivity contribution in [3.8, 4) is 23.0 Å². The molecule has 0 aliphatic carbocycles. The van der Waals surface area contributed by atoms with E-state index in [-0.39, 0.29) is 19.0 Å². The normalized spacial score (nSPS) is 10.6. The van der Waals surface area contributed by atoms with Gasteiger partial charge >= 0.3 is 5.97 Å². The van der Waals surface area contributed by atoms with Gasteiger partial charge in [0.15, 0.2) is 11.5 Å². The summed E-state index contributed by atoms with van der Waals surface area (Å²) in [6, 6.07) is 18.5. The topological polar surface area (TPSA) is 79.8 Å². The van der Waals surface area contributed by atoms with Crippen LogP contribution in [0.5, 0.6) is 23.0 Å². The van der Waals surface area contributed by atoms with E-state index >= 15 is 0 Å². The van der Waals surface area contributed by atoms with Crippen LogP contribution >= 0.6 is 0 Å². The van der Waals surface area contributed by atoms with Crippen LogP contribution in [0, 0.1) is 6.92 Å². The summed E-state index contributed by atoms with van der Waals surface area (Å²) in [6.45, 7) is 2.07. The van der Waals surface area contributed by atoms with Crippen molar-refractivity contribution in [2.45, 2.75) is 20.0 Å². The molecule has 0 spiro atoms. The number of rotatable bonds is 8. The zero-order valence-electron chi connectivity index (χ0n) is 18.7. The highest BCUT2D eigenvalue weighted by molar-refractivity contribution is 5.88. The van der Waals surface area contributed by atoms with E-state index in [0.29, 0.717) is 34.2 Å². The molecule has 4 aromatic rings. The maximum Gasteiger partial charge on any atom is 0.312 e. The average Bonchev–Trinajstić information content (AvgIpc) is 2.84. The zero-order valence-corrected chi connectivity index (χ0v) is 18.7. The molecule has 2 aromatic heterocycles. The minimum atomic E-state index is -0.382. The second-order valence-corrected chi connectivity index (χ2v) is 7.36. The van der Waals surface area contributed by atoms with Gasteiger partial charge in [-0.3, -0.25) is 14.8 Å². The molecule has 168 valence electrons. The lowest BCUT2D eigenvalue weighted by molar-refractivity contribution is -0.144. The van der Waals surface area contributed by atoms with E-state index in [1.54, 1.807) is 38.6 Å². The third kappa shape index (κ3) is 5.20. The number of pyridine rings is 2. The van der Waals surface area contributed by atoms with E-state index in [9.17, 15) is 4.79 Å². The standard InChI is InChI=1S/C26H24N2O5/c1-17-9-10-23(21(28-17)15-26(29)32-16-18-7-5-4-6-8-18)33-22-11-12-27-20-14-25(31-3)24(30-2)13-19(20)22/h4-14H,15-16H2,1-3H3. The highest BCUT2D eigenvalue weighted by Gasteiger charge is 2.16. The number of aromatic nitrogens is 2. The summed E-state index contributed by atoms with van der Waals surface area (Å²) in [5.41, 5.74) is 2.89. The van der Waals surface area contributed by atoms with Crippen molar-refractivity contribution in [2.24, 2.45) is 0 Å². The number of fused-ring (bicyclic) bond motifs is 1. The summed E-state index contributed by atoms with van der Waals surface area (Å²) < 4.78 is 22.4. The Labute approximate surface area is 191 Å². The van der Waals surface area contributed by atoms with Gasteiger partial charge in [0, 0.05) is 23.3 Å². The molecule has 0 aliphatic heterocycles. The van der Waals surface area contributed by atoms with Crippen molar-refractivity contribution < 1.29 is 23.7 Å². The first-order valence-corrected chi connectivity index (χ1v) is 10.4. The highest BCUT2D eigenvalue weighted by Crippen LogP contribution is 2.37. The first-order chi connectivity index (χ1) is 16.1. The molecule has 0 saturated heterocycles. The molecular formula is C26H24N2O5. The first kappa shape index (κ1) is 22.1. The van der Waals surface area contributed by atoms with Crippen molar-refractivity contribution >= 4 is 16.9 Å². The van der Waals surface area contributed by atoms with E-state index in [1.165, 1.54) is 0 Å². The van der Waals surface area contributed by atoms with Gasteiger partial charge in [0.25, 0.3) is 0 Å². The summed E-state index contributed by atoms with van der Waals surface area (Å²) in [4.78, 5) is 21.4. The number of hydrogen-bond acceptors (Lipinski definition) is 7. The van der Waals surface area contributed by atoms with Crippen LogP contribution in [-0.2, 0) is 22.6 Å². The summed E-state index contributed by atoms with van der Waals surface area (Å²) in [6.07, 6.45) is 1.64. The zero-order chi connectivity index (χ0) is 23.2. The number of aryl methyl sites for hydroxylation is 1. The number of carbonyl (C=O) groups is 1. The smallest absolute Gasteiger partial charge is 0.312 e. The molecule has 0 aliphatic rings. The van der Waals surface area contributed by atoms with Gasteiger partial charge in [-0.05, 0) is 36.8 Å². The molecular weight excluding hydrogens is 420 g/mol. The quantitative estimate of drug-likeness (QED) is 0.353. The van der Waals surface area contributed by atoms with Gasteiger partial charge in [0.1, 0.15) is 18.1 Å². The molecule has 0 amide bonds. The van der Waals surface area contributed by atoms with Gasteiger partial charge in [-0.15, -0.1) is 0 Å². The fraction of sp³-hybridized carbons (Fsp3) is 0.192. The molecule has 0 saturated carbocycles. The molecule has 7 heteroatoms. The third-order valence-electron chi connectivity index (χ3n) is 5.05. The molecule has 0 N–H and O–H groups in total. The third-order valence-corrected chi connectivity index (χ3v) is 5.05. The summed E-state index contributed by atoms with van der Waals surface area (Å²) in [5.74, 6) is 1.79. The second-order valence-electron chi connectivity index (χ2n) is 7.36. The number of esters is 1. The van der Waals surface area contributed by atoms with E-state index in [0.717, 1.165) is 16.6 Å². The van der Waals surface area contributed by atoms with Crippen molar-refractivity contribution in [2.75, 3.05) is 14.2 Å². The molecule has 0 radical (unpaired) electrons. The Bertz CT molecular complexity index is 1270. The van der Waals surface area contributed by atoms with Gasteiger partial charge in [0.2, 0.25) is 0 Å². The minimum absolute atomic E-state index is 0.00991. The summed E-state index contributed by atoms with van der Waals surface area (Å²) >= 11 is 0. The molecule has 2 heterocycles. The number of nitrogens with zero attached hydrogens (tertiary/aromatic N) is 2. The fourth-order valence-electron chi connectivity index (χ4n) is 3.40. The minimum Gasteiger partial charge on any atom is -0.493 e. The number of methoxy groups -OCH3 is 2. The molecule has 2 aromatic carbocycles. The Kier molecular flexibility index (Phi) is 6.69. The predicted octanol–water partition coefficient (Wildman–Crippen LogP) is 5.03. The SMILES string of the molecule is COc1cc2nccc(Oc3ccc(C)nc3CC(=O)OCc3ccccc3)c2cc1OC. The van der Waals surface area contributed by atoms with Crippen LogP contribution in [0.2, 0.25) is 0 Å². The van der Waals surface area contributed by atoms with Crippen LogP contribution in [-0.4, -0.2) is 30.2 Å². The van der Waals surface area contributed by atoms with E-state index in [1.807, 2.05) is 49.4 Å². The lowest BCUT2D eigenvalue weighted by Crippen LogP contribution is -2.10. The van der Waals surface area contributed by atoms with Crippen molar-refractivity contribution in [1.29, 1.82) is 0 Å². The Morgan fingerprint density at radius 1 is 0.879 bits per heavy atom. The van der Waals surface area contributed by atoms with Gasteiger partial charge in [-0.2, -0.15) is 0 Å². The Morgan fingerprint density at radius 2 is 1.64 bits per heavy atom. The average molecular weight is 444 g/mol. The van der Waals surface area contributed by atoms with Crippen LogP contribution in [0.15, 0.2) is 66.9 Å². The second kappa shape index (κ2) is 9.99. The van der Waals surface area contributed by atoms with E-state index in [4.69, 9.17) is 18.9 Å². The maximum atomic E-state index is 12.5. The largest absolute Gasteiger partial charge is 0.493 e. The van der Waals surface area contributed by atoms with E-state index < -0.39 is 0 Å². The number of benzene rings is 2. The molecule has 7 nitrogen and oxygen atoms in total. The number of hydrogen-bond donors (Lipinski definition) is 0. The van der Waals surface area contributed by atoms with E-state index in [2.05, 4.69) is 9.97 Å². The Balaban J connectivity index is 1.59. The number of ether oxygens (including phenoxy) is 4. The molecule has 0 fully saturated rings. The highest BCUT2D eigenvalue weighted by atomic mass is 16.5. The Hall–Kier alpha value is -4.13. The monoisotopic (exact) mass is 444 g/mol. The van der Waals surface area contributed by atoms with Crippen molar-refractivity contribution in [1.82, 2.24) is 9.97 Å². The van der Waals surface area contributed by atoms with Crippen LogP contribution in [0.1, 0.15) is 17.0 Å². The van der Waals surface area contributed by atoms with Crippen molar-refractivity contribution in [3.63, 3.8) is 0 Å². The predicted molar refractivity (Wildman–Crippen MR) is 124 cm³/mol. The van der Waals surface area contributed by atoms with Crippen LogP contribution in [0.3, 0.4) is 0 Å². The first-order valence-electron chi connectivity index (χ1n) is 10.4.